The quantitative estimate of drug-likeness (QED) is 0.635. The SMILES string of the molecule is CC(C(=O)Nc1ccccc1-c1ccccc1)N1CCN(Cc2ccccc2F)CC1. The molecule has 1 saturated heterocycles. The second-order valence-corrected chi connectivity index (χ2v) is 7.98. The van der Waals surface area contributed by atoms with Gasteiger partial charge in [-0.1, -0.05) is 66.7 Å². The number of para-hydroxylation sites is 1. The van der Waals surface area contributed by atoms with Crippen molar-refractivity contribution in [1.82, 2.24) is 9.80 Å². The molecule has 31 heavy (non-hydrogen) atoms. The third-order valence-electron chi connectivity index (χ3n) is 5.96. The lowest BCUT2D eigenvalue weighted by molar-refractivity contribution is -0.121. The lowest BCUT2D eigenvalue weighted by atomic mass is 10.0. The Hall–Kier alpha value is -3.02. The van der Waals surface area contributed by atoms with Crippen molar-refractivity contribution in [2.45, 2.75) is 19.5 Å². The maximum Gasteiger partial charge on any atom is 0.241 e. The number of amides is 1. The van der Waals surface area contributed by atoms with Crippen molar-refractivity contribution in [3.63, 3.8) is 0 Å². The van der Waals surface area contributed by atoms with Gasteiger partial charge < -0.3 is 5.32 Å². The summed E-state index contributed by atoms with van der Waals surface area (Å²) in [4.78, 5) is 17.4. The fraction of sp³-hybridized carbons (Fsp3) is 0.269. The zero-order valence-electron chi connectivity index (χ0n) is 17.8. The molecule has 0 radical (unpaired) electrons. The van der Waals surface area contributed by atoms with Crippen molar-refractivity contribution in [2.24, 2.45) is 0 Å². The van der Waals surface area contributed by atoms with Gasteiger partial charge >= 0.3 is 0 Å². The first-order valence-electron chi connectivity index (χ1n) is 10.8. The Morgan fingerprint density at radius 3 is 2.29 bits per heavy atom. The van der Waals surface area contributed by atoms with Gasteiger partial charge in [-0.15, -0.1) is 0 Å². The van der Waals surface area contributed by atoms with Crippen LogP contribution in [0.15, 0.2) is 78.9 Å². The van der Waals surface area contributed by atoms with Crippen LogP contribution in [-0.2, 0) is 11.3 Å². The Morgan fingerprint density at radius 1 is 0.903 bits per heavy atom. The van der Waals surface area contributed by atoms with Crippen LogP contribution in [0.3, 0.4) is 0 Å². The molecule has 5 heteroatoms. The number of nitrogens with zero attached hydrogens (tertiary/aromatic N) is 2. The molecule has 160 valence electrons. The van der Waals surface area contributed by atoms with Gasteiger partial charge in [0, 0.05) is 49.5 Å². The average Bonchev–Trinajstić information content (AvgIpc) is 2.81. The molecule has 1 atom stereocenters. The standard InChI is InChI=1S/C26H28FN3O/c1-20(30-17-15-29(16-18-30)19-22-11-5-7-13-24(22)27)26(31)28-25-14-8-6-12-23(25)21-9-3-2-4-10-21/h2-14,20H,15-19H2,1H3,(H,28,31). The molecule has 1 heterocycles. The summed E-state index contributed by atoms with van der Waals surface area (Å²) < 4.78 is 13.9. The van der Waals surface area contributed by atoms with Crippen LogP contribution in [0.4, 0.5) is 10.1 Å². The van der Waals surface area contributed by atoms with Crippen LogP contribution in [0.25, 0.3) is 11.1 Å². The van der Waals surface area contributed by atoms with Gasteiger partial charge in [-0.3, -0.25) is 14.6 Å². The summed E-state index contributed by atoms with van der Waals surface area (Å²) in [7, 11) is 0. The summed E-state index contributed by atoms with van der Waals surface area (Å²) in [6, 6.07) is 24.6. The number of hydrogen-bond acceptors (Lipinski definition) is 3. The Balaban J connectivity index is 1.35. The summed E-state index contributed by atoms with van der Waals surface area (Å²) in [5.74, 6) is -0.166. The maximum absolute atomic E-state index is 13.9. The number of hydrogen-bond donors (Lipinski definition) is 1. The molecule has 1 aliphatic heterocycles. The molecule has 1 N–H and O–H groups in total. The summed E-state index contributed by atoms with van der Waals surface area (Å²) >= 11 is 0. The van der Waals surface area contributed by atoms with E-state index in [1.807, 2.05) is 73.7 Å². The van der Waals surface area contributed by atoms with E-state index in [1.54, 1.807) is 6.07 Å². The molecular weight excluding hydrogens is 389 g/mol. The van der Waals surface area contributed by atoms with Crippen molar-refractivity contribution in [3.05, 3.63) is 90.2 Å². The molecule has 4 rings (SSSR count). The monoisotopic (exact) mass is 417 g/mol. The minimum atomic E-state index is -0.237. The zero-order valence-corrected chi connectivity index (χ0v) is 17.8. The first-order valence-corrected chi connectivity index (χ1v) is 10.8. The number of carbonyl (C=O) groups is 1. The number of anilines is 1. The third-order valence-corrected chi connectivity index (χ3v) is 5.96. The van der Waals surface area contributed by atoms with Crippen molar-refractivity contribution < 1.29 is 9.18 Å². The van der Waals surface area contributed by atoms with Crippen LogP contribution in [0.2, 0.25) is 0 Å². The van der Waals surface area contributed by atoms with E-state index in [0.29, 0.717) is 6.54 Å². The minimum absolute atomic E-state index is 0.00839. The van der Waals surface area contributed by atoms with Gasteiger partial charge in [0.05, 0.1) is 6.04 Å². The Bertz CT molecular complexity index is 1020. The van der Waals surface area contributed by atoms with E-state index in [-0.39, 0.29) is 17.8 Å². The average molecular weight is 418 g/mol. The Morgan fingerprint density at radius 2 is 1.55 bits per heavy atom. The molecular formula is C26H28FN3O. The second-order valence-electron chi connectivity index (χ2n) is 7.98. The van der Waals surface area contributed by atoms with Gasteiger partial charge in [-0.05, 0) is 24.6 Å². The lowest BCUT2D eigenvalue weighted by Crippen LogP contribution is -2.52. The van der Waals surface area contributed by atoms with Crippen LogP contribution < -0.4 is 5.32 Å². The highest BCUT2D eigenvalue weighted by Crippen LogP contribution is 2.28. The topological polar surface area (TPSA) is 35.6 Å². The Kier molecular flexibility index (Phi) is 6.75. The Labute approximate surface area is 183 Å². The van der Waals surface area contributed by atoms with E-state index in [9.17, 15) is 9.18 Å². The summed E-state index contributed by atoms with van der Waals surface area (Å²) in [5, 5.41) is 3.12. The zero-order chi connectivity index (χ0) is 21.6. The molecule has 4 nitrogen and oxygen atoms in total. The van der Waals surface area contributed by atoms with Crippen molar-refractivity contribution in [1.29, 1.82) is 0 Å². The van der Waals surface area contributed by atoms with Gasteiger partial charge in [0.1, 0.15) is 5.82 Å². The van der Waals surface area contributed by atoms with Gasteiger partial charge in [0.2, 0.25) is 5.91 Å². The van der Waals surface area contributed by atoms with Crippen LogP contribution in [0.5, 0.6) is 0 Å². The molecule has 1 unspecified atom stereocenters. The van der Waals surface area contributed by atoms with Crippen molar-refractivity contribution in [3.8, 4) is 11.1 Å². The number of piperazine rings is 1. The highest BCUT2D eigenvalue weighted by atomic mass is 19.1. The van der Waals surface area contributed by atoms with Crippen molar-refractivity contribution >= 4 is 11.6 Å². The minimum Gasteiger partial charge on any atom is -0.324 e. The predicted molar refractivity (Wildman–Crippen MR) is 123 cm³/mol. The largest absolute Gasteiger partial charge is 0.324 e. The van der Waals surface area contributed by atoms with Gasteiger partial charge in [0.25, 0.3) is 0 Å². The van der Waals surface area contributed by atoms with Crippen molar-refractivity contribution in [2.75, 3.05) is 31.5 Å². The molecule has 1 aliphatic rings. The highest BCUT2D eigenvalue weighted by molar-refractivity contribution is 5.98. The number of nitrogens with one attached hydrogen (secondary N) is 1. The van der Waals surface area contributed by atoms with Gasteiger partial charge in [-0.25, -0.2) is 4.39 Å². The number of rotatable bonds is 6. The molecule has 3 aromatic rings. The maximum atomic E-state index is 13.9. The van der Waals surface area contributed by atoms with Gasteiger partial charge in [0.15, 0.2) is 0 Å². The van der Waals surface area contributed by atoms with Crippen LogP contribution >= 0.6 is 0 Å². The van der Waals surface area contributed by atoms with E-state index in [4.69, 9.17) is 0 Å². The van der Waals surface area contributed by atoms with Gasteiger partial charge in [-0.2, -0.15) is 0 Å². The fourth-order valence-electron chi connectivity index (χ4n) is 4.04. The third kappa shape index (κ3) is 5.19. The molecule has 0 aliphatic carbocycles. The first kappa shape index (κ1) is 21.2. The van der Waals surface area contributed by atoms with Crippen LogP contribution in [0, 0.1) is 5.82 Å². The smallest absolute Gasteiger partial charge is 0.241 e. The lowest BCUT2D eigenvalue weighted by Gasteiger charge is -2.37. The molecule has 1 fully saturated rings. The van der Waals surface area contributed by atoms with E-state index in [1.165, 1.54) is 6.07 Å². The fourth-order valence-corrected chi connectivity index (χ4v) is 4.04. The molecule has 1 amide bonds. The predicted octanol–water partition coefficient (Wildman–Crippen LogP) is 4.64. The molecule has 0 aromatic heterocycles. The van der Waals surface area contributed by atoms with Crippen LogP contribution in [-0.4, -0.2) is 47.9 Å². The number of halogens is 1. The second kappa shape index (κ2) is 9.86. The van der Waals surface area contributed by atoms with E-state index in [2.05, 4.69) is 15.1 Å². The molecule has 0 bridgehead atoms. The normalized spacial score (nSPS) is 16.1. The van der Waals surface area contributed by atoms with E-state index >= 15 is 0 Å². The van der Waals surface area contributed by atoms with Crippen LogP contribution in [0.1, 0.15) is 12.5 Å². The highest BCUT2D eigenvalue weighted by Gasteiger charge is 2.26. The summed E-state index contributed by atoms with van der Waals surface area (Å²) in [6.45, 7) is 5.74. The molecule has 0 saturated carbocycles. The van der Waals surface area contributed by atoms with E-state index < -0.39 is 0 Å². The van der Waals surface area contributed by atoms with E-state index in [0.717, 1.165) is 48.6 Å². The first-order chi connectivity index (χ1) is 15.1. The summed E-state index contributed by atoms with van der Waals surface area (Å²) in [5.41, 5.74) is 3.63. The molecule has 3 aromatic carbocycles. The molecule has 0 spiro atoms. The number of carbonyl (C=O) groups excluding carboxylic acids is 1. The number of benzene rings is 3. The summed E-state index contributed by atoms with van der Waals surface area (Å²) in [6.07, 6.45) is 0.